The molecule has 0 aromatic carbocycles. The van der Waals surface area contributed by atoms with Crippen LogP contribution in [0.4, 0.5) is 0 Å². The number of rotatable bonds is 7. The Labute approximate surface area is 132 Å². The van der Waals surface area contributed by atoms with Crippen LogP contribution < -0.4 is 5.32 Å². The Morgan fingerprint density at radius 3 is 2.52 bits per heavy atom. The molecule has 1 atom stereocenters. The normalized spacial score (nSPS) is 17.6. The number of hydrogen-bond acceptors (Lipinski definition) is 4. The molecule has 0 radical (unpaired) electrons. The third-order valence-electron chi connectivity index (χ3n) is 3.86. The van der Waals surface area contributed by atoms with Crippen molar-refractivity contribution in [1.82, 2.24) is 15.1 Å². The second-order valence-electron chi connectivity index (χ2n) is 5.53. The van der Waals surface area contributed by atoms with E-state index in [4.69, 9.17) is 0 Å². The van der Waals surface area contributed by atoms with Crippen LogP contribution in [0.5, 0.6) is 0 Å². The Hall–Kier alpha value is -0.910. The molecule has 0 spiro atoms. The highest BCUT2D eigenvalue weighted by Gasteiger charge is 2.32. The highest BCUT2D eigenvalue weighted by atomic mass is 32.1. The van der Waals surface area contributed by atoms with Crippen molar-refractivity contribution < 1.29 is 4.79 Å². The molecule has 118 valence electrons. The molecule has 1 aromatic rings. The minimum Gasteiger partial charge on any atom is -0.341 e. The van der Waals surface area contributed by atoms with Gasteiger partial charge in [-0.05, 0) is 24.3 Å². The first-order valence-electron chi connectivity index (χ1n) is 8.04. The van der Waals surface area contributed by atoms with E-state index in [0.29, 0.717) is 0 Å². The molecule has 0 aliphatic carbocycles. The first kappa shape index (κ1) is 16.5. The van der Waals surface area contributed by atoms with Crippen molar-refractivity contribution in [1.29, 1.82) is 0 Å². The molecule has 1 fully saturated rings. The molecular weight excluding hydrogens is 282 g/mol. The second kappa shape index (κ2) is 8.51. The zero-order valence-electron chi connectivity index (χ0n) is 13.2. The summed E-state index contributed by atoms with van der Waals surface area (Å²) in [6.07, 6.45) is 2.04. The largest absolute Gasteiger partial charge is 0.341 e. The van der Waals surface area contributed by atoms with Crippen LogP contribution in [0.1, 0.15) is 37.6 Å². The van der Waals surface area contributed by atoms with E-state index in [9.17, 15) is 4.79 Å². The smallest absolute Gasteiger partial charge is 0.245 e. The lowest BCUT2D eigenvalue weighted by Gasteiger charge is -2.36. The van der Waals surface area contributed by atoms with Crippen LogP contribution in [0, 0.1) is 0 Å². The first-order valence-corrected chi connectivity index (χ1v) is 8.92. The number of piperazine rings is 1. The molecule has 1 aromatic heterocycles. The Morgan fingerprint density at radius 1 is 1.33 bits per heavy atom. The van der Waals surface area contributed by atoms with Crippen molar-refractivity contribution in [3.05, 3.63) is 22.4 Å². The van der Waals surface area contributed by atoms with E-state index in [1.165, 1.54) is 4.88 Å². The molecule has 0 saturated carbocycles. The molecule has 1 unspecified atom stereocenters. The average Bonchev–Trinajstić information content (AvgIpc) is 3.02. The van der Waals surface area contributed by atoms with Crippen LogP contribution in [0.2, 0.25) is 0 Å². The maximum Gasteiger partial charge on any atom is 0.245 e. The fourth-order valence-electron chi connectivity index (χ4n) is 2.89. The highest BCUT2D eigenvalue weighted by Crippen LogP contribution is 2.27. The van der Waals surface area contributed by atoms with E-state index < -0.39 is 0 Å². The number of carbonyl (C=O) groups excluding carboxylic acids is 1. The van der Waals surface area contributed by atoms with Gasteiger partial charge in [0.25, 0.3) is 0 Å². The molecule has 0 bridgehead atoms. The predicted octanol–water partition coefficient (Wildman–Crippen LogP) is 2.34. The Bertz CT molecular complexity index is 409. The van der Waals surface area contributed by atoms with Gasteiger partial charge >= 0.3 is 0 Å². The molecule has 2 rings (SSSR count). The summed E-state index contributed by atoms with van der Waals surface area (Å²) in [6.45, 7) is 9.83. The lowest BCUT2D eigenvalue weighted by molar-refractivity contribution is -0.137. The third-order valence-corrected chi connectivity index (χ3v) is 4.79. The third kappa shape index (κ3) is 4.28. The van der Waals surface area contributed by atoms with Gasteiger partial charge in [0.05, 0.1) is 0 Å². The fraction of sp³-hybridized carbons (Fsp3) is 0.688. The molecule has 1 N–H and O–H groups in total. The maximum atomic E-state index is 13.1. The van der Waals surface area contributed by atoms with E-state index in [1.807, 2.05) is 11.0 Å². The summed E-state index contributed by atoms with van der Waals surface area (Å²) in [6, 6.07) is 4.06. The first-order chi connectivity index (χ1) is 10.3. The topological polar surface area (TPSA) is 35.6 Å². The van der Waals surface area contributed by atoms with Crippen molar-refractivity contribution in [2.75, 3.05) is 39.3 Å². The number of hydrogen-bond donors (Lipinski definition) is 1. The van der Waals surface area contributed by atoms with Crippen molar-refractivity contribution >= 4 is 17.2 Å². The van der Waals surface area contributed by atoms with E-state index in [-0.39, 0.29) is 11.9 Å². The van der Waals surface area contributed by atoms with Crippen molar-refractivity contribution in [3.63, 3.8) is 0 Å². The molecular formula is C16H27N3OS. The summed E-state index contributed by atoms with van der Waals surface area (Å²) in [5.41, 5.74) is 0. The summed E-state index contributed by atoms with van der Waals surface area (Å²) >= 11 is 1.70. The Balaban J connectivity index is 2.19. The van der Waals surface area contributed by atoms with Gasteiger partial charge in [-0.25, -0.2) is 0 Å². The van der Waals surface area contributed by atoms with Gasteiger partial charge in [-0.2, -0.15) is 0 Å². The van der Waals surface area contributed by atoms with Gasteiger partial charge in [0.15, 0.2) is 0 Å². The van der Waals surface area contributed by atoms with Crippen LogP contribution in [0.25, 0.3) is 0 Å². The van der Waals surface area contributed by atoms with E-state index in [1.54, 1.807) is 11.3 Å². The average molecular weight is 309 g/mol. The molecule has 1 aliphatic rings. The van der Waals surface area contributed by atoms with Gasteiger partial charge in [-0.1, -0.05) is 19.9 Å². The van der Waals surface area contributed by atoms with Gasteiger partial charge < -0.3 is 10.2 Å². The molecule has 4 nitrogen and oxygen atoms in total. The zero-order chi connectivity index (χ0) is 15.1. The fourth-order valence-corrected chi connectivity index (χ4v) is 3.74. The van der Waals surface area contributed by atoms with Crippen LogP contribution >= 0.6 is 11.3 Å². The summed E-state index contributed by atoms with van der Waals surface area (Å²) in [4.78, 5) is 18.7. The van der Waals surface area contributed by atoms with E-state index >= 15 is 0 Å². The minimum atomic E-state index is -0.0924. The number of nitrogens with one attached hydrogen (secondary N) is 1. The van der Waals surface area contributed by atoms with E-state index in [2.05, 4.69) is 35.5 Å². The molecule has 1 saturated heterocycles. The zero-order valence-corrected chi connectivity index (χ0v) is 14.0. The van der Waals surface area contributed by atoms with Crippen LogP contribution in [0.3, 0.4) is 0 Å². The lowest BCUT2D eigenvalue weighted by Crippen LogP contribution is -2.50. The van der Waals surface area contributed by atoms with Gasteiger partial charge in [-0.3, -0.25) is 9.69 Å². The number of nitrogens with zero attached hydrogens (tertiary/aromatic N) is 2. The van der Waals surface area contributed by atoms with Crippen molar-refractivity contribution in [2.45, 2.75) is 32.7 Å². The van der Waals surface area contributed by atoms with Crippen molar-refractivity contribution in [2.24, 2.45) is 0 Å². The summed E-state index contributed by atoms with van der Waals surface area (Å²) in [5, 5.41) is 5.44. The Kier molecular flexibility index (Phi) is 6.67. The van der Waals surface area contributed by atoms with Gasteiger partial charge in [0.1, 0.15) is 6.04 Å². The predicted molar refractivity (Wildman–Crippen MR) is 88.7 cm³/mol. The number of thiophene rings is 1. The quantitative estimate of drug-likeness (QED) is 0.840. The van der Waals surface area contributed by atoms with Gasteiger partial charge in [0, 0.05) is 44.1 Å². The minimum absolute atomic E-state index is 0.0924. The second-order valence-corrected chi connectivity index (χ2v) is 6.51. The molecule has 1 aliphatic heterocycles. The maximum absolute atomic E-state index is 13.1. The summed E-state index contributed by atoms with van der Waals surface area (Å²) in [5.74, 6) is 0.281. The van der Waals surface area contributed by atoms with Crippen LogP contribution in [0.15, 0.2) is 17.5 Å². The van der Waals surface area contributed by atoms with Crippen LogP contribution in [-0.2, 0) is 4.79 Å². The summed E-state index contributed by atoms with van der Waals surface area (Å²) in [7, 11) is 0. The number of amides is 1. The Morgan fingerprint density at radius 2 is 2.00 bits per heavy atom. The molecule has 1 amide bonds. The lowest BCUT2D eigenvalue weighted by atomic mass is 10.1. The molecule has 21 heavy (non-hydrogen) atoms. The van der Waals surface area contributed by atoms with E-state index in [0.717, 1.165) is 52.1 Å². The standard InChI is InChI=1S/C16H27N3OS/c1-3-9-19(10-4-2)16(20)15(14-6-5-13-21-14)18-11-7-17-8-12-18/h5-6,13,15,17H,3-4,7-12H2,1-2H3. The van der Waals surface area contributed by atoms with Gasteiger partial charge in [-0.15, -0.1) is 11.3 Å². The van der Waals surface area contributed by atoms with Gasteiger partial charge in [0.2, 0.25) is 5.91 Å². The summed E-state index contributed by atoms with van der Waals surface area (Å²) < 4.78 is 0. The monoisotopic (exact) mass is 309 g/mol. The molecule has 2 heterocycles. The number of carbonyl (C=O) groups is 1. The molecule has 5 heteroatoms. The van der Waals surface area contributed by atoms with Crippen LogP contribution in [-0.4, -0.2) is 55.0 Å². The SMILES string of the molecule is CCCN(CCC)C(=O)C(c1cccs1)N1CCNCC1. The van der Waals surface area contributed by atoms with Crippen molar-refractivity contribution in [3.8, 4) is 0 Å². The highest BCUT2D eigenvalue weighted by molar-refractivity contribution is 7.10.